The summed E-state index contributed by atoms with van der Waals surface area (Å²) in [5, 5.41) is 2.00. The van der Waals surface area contributed by atoms with E-state index < -0.39 is 23.4 Å². The minimum Gasteiger partial charge on any atom is -0.353 e. The van der Waals surface area contributed by atoms with Crippen LogP contribution in [0.25, 0.3) is 43.6 Å². The molecule has 164 valence electrons. The van der Waals surface area contributed by atoms with Crippen molar-refractivity contribution in [1.29, 1.82) is 0 Å². The molecule has 5 nitrogen and oxygen atoms in total. The van der Waals surface area contributed by atoms with E-state index in [1.54, 1.807) is 12.1 Å². The van der Waals surface area contributed by atoms with E-state index in [0.29, 0.717) is 43.6 Å². The standard InChI is InChI=1S/C27H15F2N3O2/c28-14-6-8-18-16(10-14)20-22-23(27(34)32(26(22)33)12-13-4-2-1-3-5-13)21-17-11-15(29)7-9-19(17)31-25(21)24(20)30-18/h1-11,30-31H,12H2. The monoisotopic (exact) mass is 451 g/mol. The van der Waals surface area contributed by atoms with Crippen LogP contribution in [-0.4, -0.2) is 26.7 Å². The number of H-pyrrole nitrogens is 2. The molecular weight excluding hydrogens is 436 g/mol. The number of nitrogens with one attached hydrogen (secondary N) is 2. The molecule has 7 rings (SSSR count). The predicted octanol–water partition coefficient (Wildman–Crippen LogP) is 6.03. The lowest BCUT2D eigenvalue weighted by atomic mass is 9.96. The number of halogens is 2. The van der Waals surface area contributed by atoms with E-state index in [4.69, 9.17) is 0 Å². The van der Waals surface area contributed by atoms with E-state index >= 15 is 0 Å². The van der Waals surface area contributed by atoms with Gasteiger partial charge in [-0.05, 0) is 42.0 Å². The molecule has 0 atom stereocenters. The second-order valence-corrected chi connectivity index (χ2v) is 8.56. The summed E-state index contributed by atoms with van der Waals surface area (Å²) < 4.78 is 28.5. The molecule has 1 aliphatic heterocycles. The molecule has 0 radical (unpaired) electrons. The maximum atomic E-state index is 14.2. The number of hydrogen-bond acceptors (Lipinski definition) is 2. The van der Waals surface area contributed by atoms with E-state index in [1.807, 2.05) is 30.3 Å². The van der Waals surface area contributed by atoms with Gasteiger partial charge in [0.2, 0.25) is 0 Å². The van der Waals surface area contributed by atoms with E-state index in [9.17, 15) is 18.4 Å². The summed E-state index contributed by atoms with van der Waals surface area (Å²) >= 11 is 0. The quantitative estimate of drug-likeness (QED) is 0.316. The molecule has 3 heterocycles. The molecule has 0 bridgehead atoms. The van der Waals surface area contributed by atoms with Crippen LogP contribution < -0.4 is 0 Å². The van der Waals surface area contributed by atoms with Crippen molar-refractivity contribution in [2.75, 3.05) is 0 Å². The molecule has 2 amide bonds. The number of benzene rings is 4. The first kappa shape index (κ1) is 19.0. The lowest BCUT2D eigenvalue weighted by molar-refractivity contribution is 0.0643. The maximum absolute atomic E-state index is 14.2. The Balaban J connectivity index is 1.64. The van der Waals surface area contributed by atoms with Crippen molar-refractivity contribution in [3.63, 3.8) is 0 Å². The zero-order valence-electron chi connectivity index (χ0n) is 17.6. The van der Waals surface area contributed by atoms with Crippen LogP contribution >= 0.6 is 0 Å². The van der Waals surface area contributed by atoms with Crippen LogP contribution in [0.1, 0.15) is 26.3 Å². The molecule has 0 fully saturated rings. The van der Waals surface area contributed by atoms with E-state index in [-0.39, 0.29) is 17.7 Å². The number of aromatic amines is 2. The van der Waals surface area contributed by atoms with E-state index in [1.165, 1.54) is 29.2 Å². The van der Waals surface area contributed by atoms with Gasteiger partial charge in [0, 0.05) is 32.6 Å². The molecule has 2 aromatic heterocycles. The molecule has 0 saturated heterocycles. The van der Waals surface area contributed by atoms with Crippen molar-refractivity contribution >= 4 is 55.4 Å². The second-order valence-electron chi connectivity index (χ2n) is 8.56. The first-order valence-corrected chi connectivity index (χ1v) is 10.8. The Morgan fingerprint density at radius 2 is 1.18 bits per heavy atom. The zero-order chi connectivity index (χ0) is 23.1. The Morgan fingerprint density at radius 1 is 0.676 bits per heavy atom. The van der Waals surface area contributed by atoms with Crippen molar-refractivity contribution in [2.45, 2.75) is 6.54 Å². The van der Waals surface area contributed by atoms with Crippen molar-refractivity contribution < 1.29 is 18.4 Å². The molecular formula is C27H15F2N3O2. The van der Waals surface area contributed by atoms with Gasteiger partial charge in [0.1, 0.15) is 11.6 Å². The number of aromatic nitrogens is 2. The highest BCUT2D eigenvalue weighted by atomic mass is 19.1. The number of carbonyl (C=O) groups is 2. The summed E-state index contributed by atoms with van der Waals surface area (Å²) in [5.74, 6) is -1.80. The van der Waals surface area contributed by atoms with Crippen LogP contribution in [0.15, 0.2) is 66.7 Å². The van der Waals surface area contributed by atoms with Crippen LogP contribution in [0.5, 0.6) is 0 Å². The minimum atomic E-state index is -0.452. The fourth-order valence-corrected chi connectivity index (χ4v) is 5.17. The largest absolute Gasteiger partial charge is 0.353 e. The lowest BCUT2D eigenvalue weighted by Crippen LogP contribution is -2.29. The van der Waals surface area contributed by atoms with Gasteiger partial charge in [0.05, 0.1) is 28.7 Å². The van der Waals surface area contributed by atoms with Crippen molar-refractivity contribution in [3.05, 3.63) is 95.1 Å². The molecule has 6 aromatic rings. The molecule has 0 spiro atoms. The summed E-state index contributed by atoms with van der Waals surface area (Å²) in [5.41, 5.74) is 3.66. The molecule has 0 saturated carbocycles. The summed E-state index contributed by atoms with van der Waals surface area (Å²) in [4.78, 5) is 35.2. The summed E-state index contributed by atoms with van der Waals surface area (Å²) in [6, 6.07) is 17.8. The number of imide groups is 1. The third kappa shape index (κ3) is 2.41. The number of hydrogen-bond donors (Lipinski definition) is 2. The Labute approximate surface area is 190 Å². The second kappa shape index (κ2) is 6.51. The number of rotatable bonds is 2. The summed E-state index contributed by atoms with van der Waals surface area (Å²) in [6.45, 7) is 0.101. The van der Waals surface area contributed by atoms with Gasteiger partial charge in [0.15, 0.2) is 0 Å². The number of carbonyl (C=O) groups excluding carboxylic acids is 2. The molecule has 1 aliphatic rings. The zero-order valence-corrected chi connectivity index (χ0v) is 17.6. The van der Waals surface area contributed by atoms with Gasteiger partial charge in [-0.3, -0.25) is 14.5 Å². The summed E-state index contributed by atoms with van der Waals surface area (Å²) in [7, 11) is 0. The molecule has 0 unspecified atom stereocenters. The molecule has 4 aromatic carbocycles. The average Bonchev–Trinajstić information content (AvgIpc) is 3.46. The highest BCUT2D eigenvalue weighted by Crippen LogP contribution is 2.44. The molecule has 2 N–H and O–H groups in total. The van der Waals surface area contributed by atoms with Crippen LogP contribution in [0, 0.1) is 11.6 Å². The van der Waals surface area contributed by atoms with Gasteiger partial charge < -0.3 is 9.97 Å². The van der Waals surface area contributed by atoms with Gasteiger partial charge in [-0.15, -0.1) is 0 Å². The first-order chi connectivity index (χ1) is 16.5. The van der Waals surface area contributed by atoms with Crippen LogP contribution in [0.2, 0.25) is 0 Å². The maximum Gasteiger partial charge on any atom is 0.262 e. The Hall–Kier alpha value is -4.52. The Kier molecular flexibility index (Phi) is 3.64. The highest BCUT2D eigenvalue weighted by molar-refractivity contribution is 6.39. The van der Waals surface area contributed by atoms with Crippen LogP contribution in [0.3, 0.4) is 0 Å². The Bertz CT molecular complexity index is 1740. The SMILES string of the molecule is O=C1c2c(c3c4cc(F)ccc4[nH]c3c3[nH]c4ccc(F)cc4c23)C(=O)N1Cc1ccccc1. The van der Waals surface area contributed by atoms with Gasteiger partial charge in [-0.2, -0.15) is 0 Å². The molecule has 34 heavy (non-hydrogen) atoms. The smallest absolute Gasteiger partial charge is 0.262 e. The van der Waals surface area contributed by atoms with Crippen molar-refractivity contribution in [2.24, 2.45) is 0 Å². The van der Waals surface area contributed by atoms with Gasteiger partial charge in [0.25, 0.3) is 11.8 Å². The van der Waals surface area contributed by atoms with Crippen LogP contribution in [0.4, 0.5) is 8.78 Å². The lowest BCUT2D eigenvalue weighted by Gasteiger charge is -2.13. The Morgan fingerprint density at radius 3 is 1.68 bits per heavy atom. The topological polar surface area (TPSA) is 69.0 Å². The molecule has 7 heteroatoms. The normalized spacial score (nSPS) is 13.8. The minimum absolute atomic E-state index is 0.101. The van der Waals surface area contributed by atoms with Gasteiger partial charge in [-0.25, -0.2) is 8.78 Å². The summed E-state index contributed by atoms with van der Waals surface area (Å²) in [6.07, 6.45) is 0. The first-order valence-electron chi connectivity index (χ1n) is 10.8. The number of amides is 2. The average molecular weight is 451 g/mol. The van der Waals surface area contributed by atoms with Gasteiger partial charge >= 0.3 is 0 Å². The highest BCUT2D eigenvalue weighted by Gasteiger charge is 2.41. The van der Waals surface area contributed by atoms with E-state index in [2.05, 4.69) is 9.97 Å². The van der Waals surface area contributed by atoms with Crippen LogP contribution in [-0.2, 0) is 6.54 Å². The fraction of sp³-hybridized carbons (Fsp3) is 0.0370. The number of nitrogens with zero attached hydrogens (tertiary/aromatic N) is 1. The third-order valence-corrected chi connectivity index (χ3v) is 6.62. The predicted molar refractivity (Wildman–Crippen MR) is 126 cm³/mol. The number of fused-ring (bicyclic) bond motifs is 10. The van der Waals surface area contributed by atoms with Gasteiger partial charge in [-0.1, -0.05) is 30.3 Å². The van der Waals surface area contributed by atoms with Crippen molar-refractivity contribution in [3.8, 4) is 0 Å². The van der Waals surface area contributed by atoms with Crippen molar-refractivity contribution in [1.82, 2.24) is 14.9 Å². The molecule has 0 aliphatic carbocycles. The van der Waals surface area contributed by atoms with E-state index in [0.717, 1.165) is 5.56 Å². The third-order valence-electron chi connectivity index (χ3n) is 6.62. The fourth-order valence-electron chi connectivity index (χ4n) is 5.17.